The zero-order chi connectivity index (χ0) is 13.0. The Bertz CT molecular complexity index is 365. The monoisotopic (exact) mass is 267 g/mol. The van der Waals surface area contributed by atoms with Gasteiger partial charge in [-0.05, 0) is 37.6 Å². The summed E-state index contributed by atoms with van der Waals surface area (Å²) in [6, 6.07) is 8.26. The van der Waals surface area contributed by atoms with Crippen molar-refractivity contribution in [1.29, 1.82) is 0 Å². The SMILES string of the molecule is CN(Cc1ccc(Cl)cc1)C1CCCCCC1O. The lowest BCUT2D eigenvalue weighted by atomic mass is 10.0. The Morgan fingerprint density at radius 2 is 1.83 bits per heavy atom. The van der Waals surface area contributed by atoms with Crippen molar-refractivity contribution in [3.63, 3.8) is 0 Å². The Morgan fingerprint density at radius 1 is 1.17 bits per heavy atom. The highest BCUT2D eigenvalue weighted by molar-refractivity contribution is 6.30. The van der Waals surface area contributed by atoms with Crippen LogP contribution < -0.4 is 0 Å². The Kier molecular flexibility index (Phi) is 5.04. The molecule has 1 fully saturated rings. The van der Waals surface area contributed by atoms with Gasteiger partial charge in [0.1, 0.15) is 0 Å². The summed E-state index contributed by atoms with van der Waals surface area (Å²) in [6.45, 7) is 0.874. The summed E-state index contributed by atoms with van der Waals surface area (Å²) in [5, 5.41) is 11.0. The second-order valence-corrected chi connectivity index (χ2v) is 5.75. The molecule has 0 heterocycles. The molecule has 2 unspecified atom stereocenters. The Hall–Kier alpha value is -0.570. The summed E-state index contributed by atoms with van der Waals surface area (Å²) in [4.78, 5) is 2.28. The van der Waals surface area contributed by atoms with Crippen LogP contribution in [-0.2, 0) is 6.54 Å². The van der Waals surface area contributed by atoms with Crippen LogP contribution in [0.25, 0.3) is 0 Å². The van der Waals surface area contributed by atoms with Gasteiger partial charge in [0.25, 0.3) is 0 Å². The summed E-state index contributed by atoms with van der Waals surface area (Å²) in [5.74, 6) is 0. The van der Waals surface area contributed by atoms with Crippen molar-refractivity contribution < 1.29 is 5.11 Å². The van der Waals surface area contributed by atoms with E-state index in [-0.39, 0.29) is 6.10 Å². The van der Waals surface area contributed by atoms with E-state index in [1.807, 2.05) is 12.1 Å². The maximum absolute atomic E-state index is 10.2. The number of aliphatic hydroxyl groups excluding tert-OH is 1. The first-order valence-corrected chi connectivity index (χ1v) is 7.17. The molecule has 1 N–H and O–H groups in total. The van der Waals surface area contributed by atoms with Crippen molar-refractivity contribution in [2.75, 3.05) is 7.05 Å². The lowest BCUT2D eigenvalue weighted by molar-refractivity contribution is 0.0544. The van der Waals surface area contributed by atoms with E-state index in [1.165, 1.54) is 18.4 Å². The number of rotatable bonds is 3. The molecule has 0 saturated heterocycles. The van der Waals surface area contributed by atoms with Gasteiger partial charge in [-0.1, -0.05) is 43.0 Å². The third kappa shape index (κ3) is 3.71. The molecule has 1 aliphatic rings. The molecule has 0 bridgehead atoms. The van der Waals surface area contributed by atoms with Crippen LogP contribution in [0.4, 0.5) is 0 Å². The molecule has 18 heavy (non-hydrogen) atoms. The van der Waals surface area contributed by atoms with Gasteiger partial charge in [0.2, 0.25) is 0 Å². The van der Waals surface area contributed by atoms with Crippen LogP contribution in [-0.4, -0.2) is 29.2 Å². The summed E-state index contributed by atoms with van der Waals surface area (Å²) in [7, 11) is 2.10. The second kappa shape index (κ2) is 6.55. The number of halogens is 1. The van der Waals surface area contributed by atoms with Gasteiger partial charge in [-0.15, -0.1) is 0 Å². The summed E-state index contributed by atoms with van der Waals surface area (Å²) in [5.41, 5.74) is 1.25. The van der Waals surface area contributed by atoms with E-state index in [1.54, 1.807) is 0 Å². The lowest BCUT2D eigenvalue weighted by Gasteiger charge is -2.30. The highest BCUT2D eigenvalue weighted by Crippen LogP contribution is 2.23. The average Bonchev–Trinajstić information content (AvgIpc) is 2.57. The minimum atomic E-state index is -0.176. The third-order valence-corrected chi connectivity index (χ3v) is 4.11. The van der Waals surface area contributed by atoms with Crippen molar-refractivity contribution in [2.45, 2.75) is 50.8 Å². The Balaban J connectivity index is 1.97. The molecule has 100 valence electrons. The fourth-order valence-electron chi connectivity index (χ4n) is 2.78. The fourth-order valence-corrected chi connectivity index (χ4v) is 2.90. The minimum Gasteiger partial charge on any atom is -0.391 e. The van der Waals surface area contributed by atoms with E-state index in [0.29, 0.717) is 6.04 Å². The molecule has 0 amide bonds. The number of aliphatic hydroxyl groups is 1. The van der Waals surface area contributed by atoms with Gasteiger partial charge < -0.3 is 5.11 Å². The normalized spacial score (nSPS) is 25.1. The maximum atomic E-state index is 10.2. The number of hydrogen-bond acceptors (Lipinski definition) is 2. The summed E-state index contributed by atoms with van der Waals surface area (Å²) in [6.07, 6.45) is 5.51. The largest absolute Gasteiger partial charge is 0.391 e. The Labute approximate surface area is 115 Å². The van der Waals surface area contributed by atoms with Gasteiger partial charge in [-0.2, -0.15) is 0 Å². The topological polar surface area (TPSA) is 23.5 Å². The number of nitrogens with zero attached hydrogens (tertiary/aromatic N) is 1. The molecule has 1 aromatic carbocycles. The number of hydrogen-bond donors (Lipinski definition) is 1. The summed E-state index contributed by atoms with van der Waals surface area (Å²) < 4.78 is 0. The predicted molar refractivity (Wildman–Crippen MR) is 75.8 cm³/mol. The van der Waals surface area contributed by atoms with Gasteiger partial charge in [0, 0.05) is 17.6 Å². The van der Waals surface area contributed by atoms with Crippen LogP contribution in [0.5, 0.6) is 0 Å². The molecule has 0 spiro atoms. The van der Waals surface area contributed by atoms with Gasteiger partial charge in [-0.3, -0.25) is 4.90 Å². The minimum absolute atomic E-state index is 0.176. The number of likely N-dealkylation sites (N-methyl/N-ethyl adjacent to an activating group) is 1. The maximum Gasteiger partial charge on any atom is 0.0695 e. The molecule has 1 aliphatic carbocycles. The van der Waals surface area contributed by atoms with Crippen molar-refractivity contribution in [3.8, 4) is 0 Å². The molecule has 2 atom stereocenters. The number of benzene rings is 1. The van der Waals surface area contributed by atoms with Crippen LogP contribution in [0, 0.1) is 0 Å². The fraction of sp³-hybridized carbons (Fsp3) is 0.600. The second-order valence-electron chi connectivity index (χ2n) is 5.31. The van der Waals surface area contributed by atoms with E-state index in [0.717, 1.165) is 30.8 Å². The molecule has 0 radical (unpaired) electrons. The average molecular weight is 268 g/mol. The molecule has 3 heteroatoms. The highest BCUT2D eigenvalue weighted by Gasteiger charge is 2.25. The van der Waals surface area contributed by atoms with E-state index >= 15 is 0 Å². The van der Waals surface area contributed by atoms with Gasteiger partial charge in [0.05, 0.1) is 6.10 Å². The first-order valence-electron chi connectivity index (χ1n) is 6.79. The van der Waals surface area contributed by atoms with Crippen molar-refractivity contribution in [1.82, 2.24) is 4.90 Å². The molecule has 0 aromatic heterocycles. The molecular weight excluding hydrogens is 246 g/mol. The van der Waals surface area contributed by atoms with Gasteiger partial charge >= 0.3 is 0 Å². The lowest BCUT2D eigenvalue weighted by Crippen LogP contribution is -2.40. The van der Waals surface area contributed by atoms with Gasteiger partial charge in [0.15, 0.2) is 0 Å². The van der Waals surface area contributed by atoms with E-state index in [4.69, 9.17) is 11.6 Å². The van der Waals surface area contributed by atoms with Crippen molar-refractivity contribution in [2.24, 2.45) is 0 Å². The zero-order valence-corrected chi connectivity index (χ0v) is 11.7. The van der Waals surface area contributed by atoms with Crippen molar-refractivity contribution >= 4 is 11.6 Å². The smallest absolute Gasteiger partial charge is 0.0695 e. The van der Waals surface area contributed by atoms with E-state index in [9.17, 15) is 5.11 Å². The Morgan fingerprint density at radius 3 is 2.56 bits per heavy atom. The van der Waals surface area contributed by atoms with Crippen LogP contribution in [0.2, 0.25) is 5.02 Å². The standard InChI is InChI=1S/C15H22ClNO/c1-17(11-12-7-9-13(16)10-8-12)14-5-3-2-4-6-15(14)18/h7-10,14-15,18H,2-6,11H2,1H3. The van der Waals surface area contributed by atoms with Crippen LogP contribution in [0.1, 0.15) is 37.7 Å². The predicted octanol–water partition coefficient (Wildman–Crippen LogP) is 3.47. The molecule has 1 aromatic rings. The van der Waals surface area contributed by atoms with Crippen LogP contribution >= 0.6 is 11.6 Å². The van der Waals surface area contributed by atoms with Gasteiger partial charge in [-0.25, -0.2) is 0 Å². The van der Waals surface area contributed by atoms with Crippen molar-refractivity contribution in [3.05, 3.63) is 34.9 Å². The quantitative estimate of drug-likeness (QED) is 0.848. The molecule has 0 aliphatic heterocycles. The zero-order valence-electron chi connectivity index (χ0n) is 11.0. The molecule has 2 nitrogen and oxygen atoms in total. The molecule has 1 saturated carbocycles. The van der Waals surface area contributed by atoms with Crippen LogP contribution in [0.3, 0.4) is 0 Å². The van der Waals surface area contributed by atoms with E-state index < -0.39 is 0 Å². The third-order valence-electron chi connectivity index (χ3n) is 3.86. The first-order chi connectivity index (χ1) is 8.66. The summed E-state index contributed by atoms with van der Waals surface area (Å²) >= 11 is 5.89. The van der Waals surface area contributed by atoms with Crippen LogP contribution in [0.15, 0.2) is 24.3 Å². The highest BCUT2D eigenvalue weighted by atomic mass is 35.5. The molecule has 2 rings (SSSR count). The first kappa shape index (κ1) is 13.9. The molecular formula is C15H22ClNO. The van der Waals surface area contributed by atoms with E-state index in [2.05, 4.69) is 24.1 Å².